The van der Waals surface area contributed by atoms with Gasteiger partial charge < -0.3 is 0 Å². The lowest BCUT2D eigenvalue weighted by Gasteiger charge is -2.28. The molecule has 0 N–H and O–H groups in total. The molecule has 0 unspecified atom stereocenters. The second-order valence-electron chi connectivity index (χ2n) is 8.67. The highest BCUT2D eigenvalue weighted by Gasteiger charge is 2.22. The van der Waals surface area contributed by atoms with E-state index in [0.717, 1.165) is 17.5 Å². The van der Waals surface area contributed by atoms with Gasteiger partial charge in [-0.15, -0.1) is 0 Å². The van der Waals surface area contributed by atoms with E-state index < -0.39 is 0 Å². The Balaban J connectivity index is 1.51. The summed E-state index contributed by atoms with van der Waals surface area (Å²) in [6, 6.07) is 24.4. The number of aromatic nitrogens is 1. The van der Waals surface area contributed by atoms with Crippen molar-refractivity contribution in [3.05, 3.63) is 78.5 Å². The molecule has 29 heavy (non-hydrogen) atoms. The molecule has 0 bridgehead atoms. The van der Waals surface area contributed by atoms with E-state index in [-0.39, 0.29) is 0 Å². The van der Waals surface area contributed by atoms with Gasteiger partial charge in [-0.25, -0.2) is 0 Å². The Kier molecular flexibility index (Phi) is 5.06. The monoisotopic (exact) mass is 379 g/mol. The highest BCUT2D eigenvalue weighted by Crippen LogP contribution is 2.39. The van der Waals surface area contributed by atoms with E-state index in [1.54, 1.807) is 0 Å². The molecule has 0 spiro atoms. The maximum absolute atomic E-state index is 4.80. The van der Waals surface area contributed by atoms with Crippen LogP contribution in [-0.4, -0.2) is 4.98 Å². The predicted molar refractivity (Wildman–Crippen MR) is 124 cm³/mol. The number of nitrogens with zero attached hydrogens (tertiary/aromatic N) is 1. The van der Waals surface area contributed by atoms with Crippen LogP contribution in [0.15, 0.2) is 72.9 Å². The number of hydrogen-bond acceptors (Lipinski definition) is 1. The summed E-state index contributed by atoms with van der Waals surface area (Å²) < 4.78 is 0. The summed E-state index contributed by atoms with van der Waals surface area (Å²) in [6.45, 7) is 2.32. The van der Waals surface area contributed by atoms with Crippen molar-refractivity contribution in [1.82, 2.24) is 4.98 Å². The van der Waals surface area contributed by atoms with Crippen molar-refractivity contribution in [2.24, 2.45) is 5.92 Å². The molecule has 0 saturated heterocycles. The highest BCUT2D eigenvalue weighted by molar-refractivity contribution is 6.03. The Bertz CT molecular complexity index is 1130. The Labute approximate surface area is 173 Å². The van der Waals surface area contributed by atoms with E-state index in [2.05, 4.69) is 73.7 Å². The lowest BCUT2D eigenvalue weighted by molar-refractivity contribution is 0.308. The third kappa shape index (κ3) is 3.55. The molecule has 1 heteroatoms. The van der Waals surface area contributed by atoms with Crippen LogP contribution in [0.2, 0.25) is 0 Å². The first-order valence-electron chi connectivity index (χ1n) is 11.2. The van der Waals surface area contributed by atoms with E-state index in [0.29, 0.717) is 0 Å². The van der Waals surface area contributed by atoms with Crippen molar-refractivity contribution in [3.8, 4) is 11.3 Å². The second-order valence-corrected chi connectivity index (χ2v) is 8.67. The third-order valence-corrected chi connectivity index (χ3v) is 6.85. The molecule has 1 aliphatic carbocycles. The summed E-state index contributed by atoms with van der Waals surface area (Å²) in [5, 5.41) is 5.11. The molecule has 146 valence electrons. The van der Waals surface area contributed by atoms with E-state index in [1.807, 2.05) is 6.20 Å². The van der Waals surface area contributed by atoms with Gasteiger partial charge in [0, 0.05) is 17.1 Å². The smallest absolute Gasteiger partial charge is 0.0786 e. The summed E-state index contributed by atoms with van der Waals surface area (Å²) in [4.78, 5) is 4.80. The van der Waals surface area contributed by atoms with E-state index in [4.69, 9.17) is 4.98 Å². The zero-order valence-electron chi connectivity index (χ0n) is 17.3. The van der Waals surface area contributed by atoms with Crippen LogP contribution in [-0.2, 0) is 0 Å². The Morgan fingerprint density at radius 2 is 1.62 bits per heavy atom. The van der Waals surface area contributed by atoms with E-state index in [1.165, 1.54) is 71.2 Å². The van der Waals surface area contributed by atoms with Crippen molar-refractivity contribution < 1.29 is 0 Å². The normalized spacial score (nSPS) is 19.6. The minimum atomic E-state index is 0.724. The lowest BCUT2D eigenvalue weighted by atomic mass is 9.77. The van der Waals surface area contributed by atoms with Gasteiger partial charge in [0.25, 0.3) is 0 Å². The molecule has 1 nitrogen and oxygen atoms in total. The zero-order chi connectivity index (χ0) is 19.6. The first-order valence-corrected chi connectivity index (χ1v) is 11.2. The number of benzene rings is 3. The van der Waals surface area contributed by atoms with Crippen molar-refractivity contribution >= 4 is 21.5 Å². The molecule has 0 amide bonds. The van der Waals surface area contributed by atoms with Crippen LogP contribution in [0.1, 0.15) is 56.9 Å². The first kappa shape index (κ1) is 18.4. The van der Waals surface area contributed by atoms with Gasteiger partial charge in [0.15, 0.2) is 0 Å². The van der Waals surface area contributed by atoms with Crippen LogP contribution in [0.25, 0.3) is 32.8 Å². The first-order chi connectivity index (χ1) is 14.3. The Morgan fingerprint density at radius 1 is 0.793 bits per heavy atom. The molecular weight excluding hydrogens is 350 g/mol. The summed E-state index contributed by atoms with van der Waals surface area (Å²) in [5.41, 5.74) is 3.83. The quantitative estimate of drug-likeness (QED) is 0.349. The predicted octanol–water partition coefficient (Wildman–Crippen LogP) is 8.13. The fourth-order valence-corrected chi connectivity index (χ4v) is 5.29. The summed E-state index contributed by atoms with van der Waals surface area (Å²) in [7, 11) is 0. The average molecular weight is 380 g/mol. The largest absolute Gasteiger partial charge is 0.256 e. The molecule has 1 heterocycles. The molecule has 5 rings (SSSR count). The van der Waals surface area contributed by atoms with E-state index >= 15 is 0 Å². The van der Waals surface area contributed by atoms with Gasteiger partial charge in [-0.1, -0.05) is 80.4 Å². The molecule has 4 aromatic rings. The molecule has 3 aromatic carbocycles. The zero-order valence-corrected chi connectivity index (χ0v) is 17.3. The van der Waals surface area contributed by atoms with Gasteiger partial charge in [-0.2, -0.15) is 0 Å². The number of fused-ring (bicyclic) bond motifs is 2. The topological polar surface area (TPSA) is 12.9 Å². The van der Waals surface area contributed by atoms with Gasteiger partial charge in [0.05, 0.1) is 5.69 Å². The van der Waals surface area contributed by atoms with Crippen LogP contribution in [0.3, 0.4) is 0 Å². The lowest BCUT2D eigenvalue weighted by Crippen LogP contribution is -2.13. The third-order valence-electron chi connectivity index (χ3n) is 6.85. The molecule has 1 aromatic heterocycles. The van der Waals surface area contributed by atoms with E-state index in [9.17, 15) is 0 Å². The summed E-state index contributed by atoms with van der Waals surface area (Å²) >= 11 is 0. The standard InChI is InChI=1S/C28H29N/c1-2-6-20-11-13-21(14-12-20)23-15-16-26-24(19-23)17-18-29-28(26)27-10-5-8-22-7-3-4-9-25(22)27/h3-5,7-10,15-21H,2,6,11-14H2,1H3. The molecular formula is C28H29N. The highest BCUT2D eigenvalue weighted by atomic mass is 14.7. The minimum absolute atomic E-state index is 0.724. The number of hydrogen-bond donors (Lipinski definition) is 0. The van der Waals surface area contributed by atoms with Crippen molar-refractivity contribution in [3.63, 3.8) is 0 Å². The van der Waals surface area contributed by atoms with Crippen molar-refractivity contribution in [2.75, 3.05) is 0 Å². The molecule has 1 aliphatic rings. The van der Waals surface area contributed by atoms with Crippen LogP contribution < -0.4 is 0 Å². The van der Waals surface area contributed by atoms with Crippen LogP contribution in [0.4, 0.5) is 0 Å². The minimum Gasteiger partial charge on any atom is -0.256 e. The molecule has 0 aliphatic heterocycles. The molecule has 0 atom stereocenters. The maximum Gasteiger partial charge on any atom is 0.0786 e. The van der Waals surface area contributed by atoms with Crippen molar-refractivity contribution in [2.45, 2.75) is 51.4 Å². The van der Waals surface area contributed by atoms with Gasteiger partial charge in [0.1, 0.15) is 0 Å². The summed E-state index contributed by atoms with van der Waals surface area (Å²) in [5.74, 6) is 1.68. The molecule has 1 fully saturated rings. The van der Waals surface area contributed by atoms with Crippen LogP contribution >= 0.6 is 0 Å². The fourth-order valence-electron chi connectivity index (χ4n) is 5.29. The fraction of sp³-hybridized carbons (Fsp3) is 0.321. The molecule has 1 saturated carbocycles. The van der Waals surface area contributed by atoms with Gasteiger partial charge >= 0.3 is 0 Å². The SMILES string of the molecule is CCCC1CCC(c2ccc3c(-c4cccc5ccccc45)nccc3c2)CC1. The van der Waals surface area contributed by atoms with Crippen molar-refractivity contribution in [1.29, 1.82) is 0 Å². The van der Waals surface area contributed by atoms with Gasteiger partial charge in [-0.05, 0) is 65.3 Å². The van der Waals surface area contributed by atoms with Gasteiger partial charge in [0.2, 0.25) is 0 Å². The number of pyridine rings is 1. The van der Waals surface area contributed by atoms with Gasteiger partial charge in [-0.3, -0.25) is 4.98 Å². The Morgan fingerprint density at radius 3 is 2.48 bits per heavy atom. The molecule has 0 radical (unpaired) electrons. The van der Waals surface area contributed by atoms with Crippen LogP contribution in [0.5, 0.6) is 0 Å². The Hall–Kier alpha value is -2.67. The average Bonchev–Trinajstić information content (AvgIpc) is 2.79. The van der Waals surface area contributed by atoms with Crippen LogP contribution in [0, 0.1) is 5.92 Å². The summed E-state index contributed by atoms with van der Waals surface area (Å²) in [6.07, 6.45) is 10.2. The second kappa shape index (κ2) is 7.99. The number of rotatable bonds is 4. The maximum atomic E-state index is 4.80.